The second-order valence-electron chi connectivity index (χ2n) is 5.84. The van der Waals surface area contributed by atoms with Crippen molar-refractivity contribution < 1.29 is 0 Å². The van der Waals surface area contributed by atoms with Crippen LogP contribution in [0.4, 0.5) is 5.95 Å². The van der Waals surface area contributed by atoms with Crippen LogP contribution in [0.5, 0.6) is 0 Å². The molecule has 0 aliphatic rings. The Morgan fingerprint density at radius 2 is 2.17 bits per heavy atom. The molecule has 0 atom stereocenters. The van der Waals surface area contributed by atoms with E-state index >= 15 is 0 Å². The third kappa shape index (κ3) is 3.37. The average Bonchev–Trinajstić information content (AvgIpc) is 3.02. The Morgan fingerprint density at radius 3 is 2.91 bits per heavy atom. The summed E-state index contributed by atoms with van der Waals surface area (Å²) in [6.45, 7) is 6.96. The first-order chi connectivity index (χ1) is 11.0. The number of nitrogens with zero attached hydrogens (tertiary/aromatic N) is 4. The van der Waals surface area contributed by atoms with Gasteiger partial charge in [0.05, 0.1) is 28.5 Å². The molecule has 23 heavy (non-hydrogen) atoms. The fraction of sp³-hybridized carbons (Fsp3) is 0.312. The number of fused-ring (bicyclic) bond motifs is 1. The predicted octanol–water partition coefficient (Wildman–Crippen LogP) is 3.82. The Bertz CT molecular complexity index is 812. The zero-order valence-electron chi connectivity index (χ0n) is 13.3. The summed E-state index contributed by atoms with van der Waals surface area (Å²) >= 11 is 6.38. The molecule has 7 heteroatoms. The second kappa shape index (κ2) is 6.42. The Morgan fingerprint density at radius 1 is 1.39 bits per heavy atom. The van der Waals surface area contributed by atoms with Gasteiger partial charge in [-0.3, -0.25) is 4.68 Å². The number of halogens is 1. The van der Waals surface area contributed by atoms with Gasteiger partial charge in [0.2, 0.25) is 5.95 Å². The van der Waals surface area contributed by atoms with E-state index in [1.165, 1.54) is 0 Å². The molecule has 6 nitrogen and oxygen atoms in total. The number of imidazole rings is 1. The van der Waals surface area contributed by atoms with Gasteiger partial charge in [0, 0.05) is 6.54 Å². The van der Waals surface area contributed by atoms with Gasteiger partial charge in [-0.15, -0.1) is 0 Å². The summed E-state index contributed by atoms with van der Waals surface area (Å²) in [5.74, 6) is 1.07. The zero-order chi connectivity index (χ0) is 16.4. The van der Waals surface area contributed by atoms with Gasteiger partial charge in [0.1, 0.15) is 5.15 Å². The fourth-order valence-electron chi connectivity index (χ4n) is 2.34. The van der Waals surface area contributed by atoms with Gasteiger partial charge in [-0.1, -0.05) is 37.6 Å². The van der Waals surface area contributed by atoms with Crippen LogP contribution in [0.1, 0.15) is 25.1 Å². The van der Waals surface area contributed by atoms with Gasteiger partial charge in [0.15, 0.2) is 0 Å². The molecule has 0 aliphatic carbocycles. The number of aromatic nitrogens is 4. The molecule has 0 fully saturated rings. The highest BCUT2D eigenvalue weighted by molar-refractivity contribution is 6.32. The van der Waals surface area contributed by atoms with E-state index in [2.05, 4.69) is 39.4 Å². The first-order valence-electron chi connectivity index (χ1n) is 7.51. The number of aromatic amines is 1. The van der Waals surface area contributed by atoms with Crippen LogP contribution in [0.15, 0.2) is 29.4 Å². The highest BCUT2D eigenvalue weighted by atomic mass is 35.5. The lowest BCUT2D eigenvalue weighted by Gasteiger charge is -2.05. The SMILES string of the molecule is Cc1nn(CC(C)C)c(Cl)c1/C=N\Nc1nc2ccccc2[nH]1. The normalized spacial score (nSPS) is 11.9. The molecule has 2 N–H and O–H groups in total. The van der Waals surface area contributed by atoms with E-state index in [9.17, 15) is 0 Å². The van der Waals surface area contributed by atoms with Gasteiger partial charge < -0.3 is 4.98 Å². The van der Waals surface area contributed by atoms with Gasteiger partial charge in [-0.05, 0) is 25.0 Å². The van der Waals surface area contributed by atoms with Gasteiger partial charge in [0.25, 0.3) is 0 Å². The molecule has 0 amide bonds. The number of hydrogen-bond acceptors (Lipinski definition) is 4. The van der Waals surface area contributed by atoms with Crippen molar-refractivity contribution in [2.75, 3.05) is 5.43 Å². The second-order valence-corrected chi connectivity index (χ2v) is 6.20. The third-order valence-corrected chi connectivity index (χ3v) is 3.80. The van der Waals surface area contributed by atoms with Crippen LogP contribution in [0.25, 0.3) is 11.0 Å². The van der Waals surface area contributed by atoms with E-state index in [0.29, 0.717) is 17.0 Å². The maximum Gasteiger partial charge on any atom is 0.222 e. The lowest BCUT2D eigenvalue weighted by atomic mass is 10.2. The minimum atomic E-state index is 0.477. The minimum absolute atomic E-state index is 0.477. The molecular formula is C16H19ClN6. The Hall–Kier alpha value is -2.34. The van der Waals surface area contributed by atoms with E-state index in [4.69, 9.17) is 11.6 Å². The van der Waals surface area contributed by atoms with Crippen molar-refractivity contribution in [2.45, 2.75) is 27.3 Å². The van der Waals surface area contributed by atoms with Crippen LogP contribution < -0.4 is 5.43 Å². The third-order valence-electron chi connectivity index (χ3n) is 3.40. The van der Waals surface area contributed by atoms with Crippen molar-refractivity contribution in [3.05, 3.63) is 40.7 Å². The number of hydrogen-bond donors (Lipinski definition) is 2. The molecule has 2 heterocycles. The number of para-hydroxylation sites is 2. The Balaban J connectivity index is 1.76. The van der Waals surface area contributed by atoms with Gasteiger partial charge >= 0.3 is 0 Å². The fourth-order valence-corrected chi connectivity index (χ4v) is 2.64. The number of hydrazone groups is 1. The van der Waals surface area contributed by atoms with Crippen LogP contribution in [0, 0.1) is 12.8 Å². The maximum absolute atomic E-state index is 6.38. The van der Waals surface area contributed by atoms with E-state index < -0.39 is 0 Å². The number of anilines is 1. The molecule has 0 saturated heterocycles. The molecular weight excluding hydrogens is 312 g/mol. The lowest BCUT2D eigenvalue weighted by molar-refractivity contribution is 0.482. The van der Waals surface area contributed by atoms with Crippen LogP contribution >= 0.6 is 11.6 Å². The Labute approximate surface area is 139 Å². The van der Waals surface area contributed by atoms with Crippen molar-refractivity contribution >= 4 is 34.8 Å². The Kier molecular flexibility index (Phi) is 4.34. The van der Waals surface area contributed by atoms with Crippen LogP contribution in [0.3, 0.4) is 0 Å². The molecule has 3 rings (SSSR count). The van der Waals surface area contributed by atoms with Crippen molar-refractivity contribution in [2.24, 2.45) is 11.0 Å². The van der Waals surface area contributed by atoms with Crippen molar-refractivity contribution in [1.29, 1.82) is 0 Å². The minimum Gasteiger partial charge on any atom is -0.323 e. The molecule has 2 aromatic heterocycles. The molecule has 0 aliphatic heterocycles. The number of aryl methyl sites for hydroxylation is 1. The number of rotatable bonds is 5. The van der Waals surface area contributed by atoms with Crippen LogP contribution in [0.2, 0.25) is 5.15 Å². The monoisotopic (exact) mass is 330 g/mol. The molecule has 0 unspecified atom stereocenters. The van der Waals surface area contributed by atoms with Crippen LogP contribution in [-0.4, -0.2) is 26.0 Å². The van der Waals surface area contributed by atoms with Crippen molar-refractivity contribution in [3.63, 3.8) is 0 Å². The summed E-state index contributed by atoms with van der Waals surface area (Å²) in [7, 11) is 0. The molecule has 3 aromatic rings. The molecule has 0 saturated carbocycles. The number of H-pyrrole nitrogens is 1. The van der Waals surface area contributed by atoms with E-state index in [0.717, 1.165) is 28.8 Å². The summed E-state index contributed by atoms with van der Waals surface area (Å²) in [5.41, 5.74) is 6.42. The van der Waals surface area contributed by atoms with Gasteiger partial charge in [-0.2, -0.15) is 10.2 Å². The highest BCUT2D eigenvalue weighted by Crippen LogP contribution is 2.19. The summed E-state index contributed by atoms with van der Waals surface area (Å²) in [4.78, 5) is 7.55. The zero-order valence-corrected chi connectivity index (χ0v) is 14.1. The molecule has 1 aromatic carbocycles. The van der Waals surface area contributed by atoms with Crippen molar-refractivity contribution in [1.82, 2.24) is 19.7 Å². The molecule has 0 spiro atoms. The molecule has 0 bridgehead atoms. The van der Waals surface area contributed by atoms with E-state index in [1.807, 2.05) is 35.9 Å². The van der Waals surface area contributed by atoms with Gasteiger partial charge in [-0.25, -0.2) is 10.4 Å². The summed E-state index contributed by atoms with van der Waals surface area (Å²) in [6, 6.07) is 7.81. The summed E-state index contributed by atoms with van der Waals surface area (Å²) < 4.78 is 1.81. The lowest BCUT2D eigenvalue weighted by Crippen LogP contribution is -2.06. The maximum atomic E-state index is 6.38. The molecule has 0 radical (unpaired) electrons. The largest absolute Gasteiger partial charge is 0.323 e. The summed E-state index contributed by atoms with van der Waals surface area (Å²) in [5, 5.41) is 9.27. The van der Waals surface area contributed by atoms with E-state index in [1.54, 1.807) is 6.21 Å². The van der Waals surface area contributed by atoms with E-state index in [-0.39, 0.29) is 0 Å². The topological polar surface area (TPSA) is 70.9 Å². The number of benzene rings is 1. The highest BCUT2D eigenvalue weighted by Gasteiger charge is 2.12. The quantitative estimate of drug-likeness (QED) is 0.552. The smallest absolute Gasteiger partial charge is 0.222 e. The summed E-state index contributed by atoms with van der Waals surface area (Å²) in [6.07, 6.45) is 1.68. The standard InChI is InChI=1S/C16H19ClN6/c1-10(2)9-23-15(17)12(11(3)22-23)8-18-21-16-19-13-6-4-5-7-14(13)20-16/h4-8,10H,9H2,1-3H3,(H2,19,20,21)/b18-8-. The van der Waals surface area contributed by atoms with Crippen molar-refractivity contribution in [3.8, 4) is 0 Å². The first kappa shape index (κ1) is 15.6. The molecule has 120 valence electrons. The first-order valence-corrected chi connectivity index (χ1v) is 7.89. The number of nitrogens with one attached hydrogen (secondary N) is 2. The predicted molar refractivity (Wildman–Crippen MR) is 94.1 cm³/mol. The van der Waals surface area contributed by atoms with Crippen LogP contribution in [-0.2, 0) is 6.54 Å². The average molecular weight is 331 g/mol.